The van der Waals surface area contributed by atoms with Gasteiger partial charge in [-0.05, 0) is 12.1 Å². The molecule has 0 aliphatic heterocycles. The summed E-state index contributed by atoms with van der Waals surface area (Å²) in [6.07, 6.45) is 0. The van der Waals surface area contributed by atoms with Crippen LogP contribution in [0.1, 0.15) is 10.4 Å². The van der Waals surface area contributed by atoms with E-state index in [4.69, 9.17) is 11.5 Å². The minimum Gasteiger partial charge on any atom is -0.365 e. The molecule has 1 aromatic carbocycles. The molecule has 0 bridgehead atoms. The average Bonchev–Trinajstić information content (AvgIpc) is 2.44. The van der Waals surface area contributed by atoms with Crippen LogP contribution in [0.4, 0.5) is 14.6 Å². The molecule has 0 spiro atoms. The normalized spacial score (nSPS) is 11.6. The molecular weight excluding hydrogens is 266 g/mol. The summed E-state index contributed by atoms with van der Waals surface area (Å²) in [6.45, 7) is -1.51. The van der Waals surface area contributed by atoms with E-state index < -0.39 is 24.9 Å². The van der Waals surface area contributed by atoms with Crippen LogP contribution in [0.5, 0.6) is 0 Å². The van der Waals surface area contributed by atoms with E-state index in [1.807, 2.05) is 0 Å². The number of fused-ring (bicyclic) bond motifs is 1. The molecule has 7 heteroatoms. The van der Waals surface area contributed by atoms with Gasteiger partial charge in [-0.1, -0.05) is 18.2 Å². The number of para-hydroxylation sites is 1. The van der Waals surface area contributed by atoms with Crippen LogP contribution in [0.25, 0.3) is 10.9 Å². The predicted octanol–water partition coefficient (Wildman–Crippen LogP) is 1.34. The van der Waals surface area contributed by atoms with Gasteiger partial charge in [-0.25, -0.2) is 13.8 Å². The van der Waals surface area contributed by atoms with Crippen LogP contribution in [0.3, 0.4) is 0 Å². The zero-order chi connectivity index (χ0) is 14.8. The third-order valence-corrected chi connectivity index (χ3v) is 2.80. The molecule has 0 saturated heterocycles. The first-order valence-electron chi connectivity index (χ1n) is 5.94. The molecule has 0 radical (unpaired) electrons. The Morgan fingerprint density at radius 3 is 2.70 bits per heavy atom. The fourth-order valence-electron chi connectivity index (χ4n) is 1.72. The number of pyridine rings is 1. The molecule has 106 valence electrons. The summed E-state index contributed by atoms with van der Waals surface area (Å²) in [6, 6.07) is 8.54. The second kappa shape index (κ2) is 5.38. The number of hydrogen-bond donors (Lipinski definition) is 3. The van der Waals surface area contributed by atoms with Crippen LogP contribution in [0.15, 0.2) is 30.3 Å². The monoisotopic (exact) mass is 280 g/mol. The van der Waals surface area contributed by atoms with E-state index in [0.29, 0.717) is 10.9 Å². The van der Waals surface area contributed by atoms with Crippen molar-refractivity contribution in [2.45, 2.75) is 5.92 Å². The molecule has 0 atom stereocenters. The molecule has 0 aliphatic carbocycles. The molecular formula is C13H14F2N4O. The van der Waals surface area contributed by atoms with Gasteiger partial charge in [0.15, 0.2) is 0 Å². The van der Waals surface area contributed by atoms with Gasteiger partial charge in [0.25, 0.3) is 11.8 Å². The van der Waals surface area contributed by atoms with Gasteiger partial charge in [-0.3, -0.25) is 4.79 Å². The van der Waals surface area contributed by atoms with Crippen molar-refractivity contribution in [1.29, 1.82) is 0 Å². The van der Waals surface area contributed by atoms with Crippen LogP contribution >= 0.6 is 0 Å². The van der Waals surface area contributed by atoms with Crippen molar-refractivity contribution in [2.75, 3.05) is 18.4 Å². The highest BCUT2D eigenvalue weighted by Gasteiger charge is 2.27. The van der Waals surface area contributed by atoms with Gasteiger partial charge in [-0.15, -0.1) is 0 Å². The number of nitrogens with zero attached hydrogens (tertiary/aromatic N) is 1. The van der Waals surface area contributed by atoms with Gasteiger partial charge in [0, 0.05) is 5.39 Å². The molecule has 2 aromatic rings. The lowest BCUT2D eigenvalue weighted by Crippen LogP contribution is -2.36. The van der Waals surface area contributed by atoms with E-state index in [-0.39, 0.29) is 11.4 Å². The second-order valence-electron chi connectivity index (χ2n) is 4.36. The van der Waals surface area contributed by atoms with E-state index >= 15 is 0 Å². The minimum absolute atomic E-state index is 0.0318. The van der Waals surface area contributed by atoms with Crippen molar-refractivity contribution in [1.82, 2.24) is 4.98 Å². The van der Waals surface area contributed by atoms with Gasteiger partial charge in [0.2, 0.25) is 0 Å². The summed E-state index contributed by atoms with van der Waals surface area (Å²) in [5.74, 6) is -3.78. The zero-order valence-electron chi connectivity index (χ0n) is 10.6. The highest BCUT2D eigenvalue weighted by atomic mass is 19.3. The number of primary amides is 1. The van der Waals surface area contributed by atoms with E-state index in [2.05, 4.69) is 10.3 Å². The molecule has 5 N–H and O–H groups in total. The third kappa shape index (κ3) is 3.00. The number of alkyl halides is 2. The van der Waals surface area contributed by atoms with Crippen molar-refractivity contribution in [3.05, 3.63) is 35.9 Å². The molecule has 0 saturated carbocycles. The van der Waals surface area contributed by atoms with Crippen LogP contribution < -0.4 is 16.8 Å². The van der Waals surface area contributed by atoms with Crippen LogP contribution in [-0.2, 0) is 0 Å². The van der Waals surface area contributed by atoms with Crippen LogP contribution in [-0.4, -0.2) is 29.9 Å². The third-order valence-electron chi connectivity index (χ3n) is 2.80. The summed E-state index contributed by atoms with van der Waals surface area (Å²) in [4.78, 5) is 15.5. The number of nitrogens with two attached hydrogens (primary N) is 2. The number of nitrogens with one attached hydrogen (secondary N) is 1. The first-order chi connectivity index (χ1) is 9.43. The molecule has 1 amide bonds. The average molecular weight is 280 g/mol. The maximum atomic E-state index is 13.2. The summed E-state index contributed by atoms with van der Waals surface area (Å²) < 4.78 is 26.3. The number of rotatable bonds is 5. The Morgan fingerprint density at radius 2 is 2.05 bits per heavy atom. The molecule has 0 unspecified atom stereocenters. The minimum atomic E-state index is -3.08. The molecule has 1 heterocycles. The number of amides is 1. The number of carbonyl (C=O) groups is 1. The topological polar surface area (TPSA) is 94.0 Å². The fourth-order valence-corrected chi connectivity index (χ4v) is 1.72. The van der Waals surface area contributed by atoms with E-state index in [0.717, 1.165) is 0 Å². The highest BCUT2D eigenvalue weighted by Crippen LogP contribution is 2.21. The largest absolute Gasteiger partial charge is 0.365 e. The molecule has 2 rings (SSSR count). The Balaban J connectivity index is 2.39. The van der Waals surface area contributed by atoms with Gasteiger partial charge >= 0.3 is 0 Å². The van der Waals surface area contributed by atoms with Crippen molar-refractivity contribution < 1.29 is 13.6 Å². The van der Waals surface area contributed by atoms with Crippen molar-refractivity contribution in [3.8, 4) is 0 Å². The summed E-state index contributed by atoms with van der Waals surface area (Å²) in [7, 11) is 0. The van der Waals surface area contributed by atoms with Gasteiger partial charge in [0.1, 0.15) is 5.82 Å². The molecule has 1 aromatic heterocycles. The Bertz CT molecular complexity index is 645. The lowest BCUT2D eigenvalue weighted by molar-refractivity contribution is 0.0252. The predicted molar refractivity (Wildman–Crippen MR) is 72.8 cm³/mol. The Morgan fingerprint density at radius 1 is 1.35 bits per heavy atom. The highest BCUT2D eigenvalue weighted by molar-refractivity contribution is 6.01. The van der Waals surface area contributed by atoms with Crippen LogP contribution in [0, 0.1) is 0 Å². The fraction of sp³-hybridized carbons (Fsp3) is 0.231. The number of hydrogen-bond acceptors (Lipinski definition) is 4. The summed E-state index contributed by atoms with van der Waals surface area (Å²) in [5.41, 5.74) is 10.8. The van der Waals surface area contributed by atoms with Crippen molar-refractivity contribution >= 4 is 22.6 Å². The maximum absolute atomic E-state index is 13.2. The number of anilines is 1. The summed E-state index contributed by atoms with van der Waals surface area (Å²) >= 11 is 0. The number of aromatic nitrogens is 1. The quantitative estimate of drug-likeness (QED) is 0.770. The van der Waals surface area contributed by atoms with Gasteiger partial charge in [-0.2, -0.15) is 0 Å². The second-order valence-corrected chi connectivity index (χ2v) is 4.36. The smallest absolute Gasteiger partial charge is 0.276 e. The van der Waals surface area contributed by atoms with Gasteiger partial charge in [0.05, 0.1) is 24.2 Å². The molecule has 0 aliphatic rings. The van der Waals surface area contributed by atoms with Crippen molar-refractivity contribution in [3.63, 3.8) is 0 Å². The Labute approximate surface area is 114 Å². The SMILES string of the molecule is NCC(F)(F)CNc1nc2ccccc2cc1C(N)=O. The standard InChI is InChI=1S/C13H14F2N4O/c14-13(15,6-16)7-18-12-9(11(17)20)5-8-3-1-2-4-10(8)19-12/h1-5H,6-7,16H2,(H2,17,20)(H,18,19). The van der Waals surface area contributed by atoms with Crippen molar-refractivity contribution in [2.24, 2.45) is 11.5 Å². The zero-order valence-corrected chi connectivity index (χ0v) is 10.6. The molecule has 20 heavy (non-hydrogen) atoms. The van der Waals surface area contributed by atoms with E-state index in [1.165, 1.54) is 6.07 Å². The Hall–Kier alpha value is -2.28. The van der Waals surface area contributed by atoms with E-state index in [1.54, 1.807) is 24.3 Å². The maximum Gasteiger partial charge on any atom is 0.276 e. The lowest BCUT2D eigenvalue weighted by atomic mass is 10.1. The summed E-state index contributed by atoms with van der Waals surface area (Å²) in [5, 5.41) is 3.14. The molecule has 5 nitrogen and oxygen atoms in total. The molecule has 0 fully saturated rings. The first kappa shape index (κ1) is 14.1. The number of benzene rings is 1. The van der Waals surface area contributed by atoms with Gasteiger partial charge < -0.3 is 16.8 Å². The first-order valence-corrected chi connectivity index (χ1v) is 5.94. The van der Waals surface area contributed by atoms with Crippen LogP contribution in [0.2, 0.25) is 0 Å². The number of halogens is 2. The lowest BCUT2D eigenvalue weighted by Gasteiger charge is -2.16. The number of carbonyl (C=O) groups excluding carboxylic acids is 1. The van der Waals surface area contributed by atoms with E-state index in [9.17, 15) is 13.6 Å². The Kier molecular flexibility index (Phi) is 3.80.